The molecule has 1 heterocycles. The number of carbonyl (C=O) groups is 2. The first-order chi connectivity index (χ1) is 15.3. The van der Waals surface area contributed by atoms with E-state index in [1.807, 2.05) is 26.0 Å². The fourth-order valence-corrected chi connectivity index (χ4v) is 4.91. The Morgan fingerprint density at radius 2 is 1.69 bits per heavy atom. The molecule has 0 bridgehead atoms. The van der Waals surface area contributed by atoms with Crippen LogP contribution in [0.3, 0.4) is 0 Å². The Morgan fingerprint density at radius 1 is 1.06 bits per heavy atom. The summed E-state index contributed by atoms with van der Waals surface area (Å²) in [7, 11) is 0. The van der Waals surface area contributed by atoms with Gasteiger partial charge in [-0.2, -0.15) is 0 Å². The van der Waals surface area contributed by atoms with Gasteiger partial charge in [0.15, 0.2) is 0 Å². The van der Waals surface area contributed by atoms with Crippen LogP contribution in [-0.2, 0) is 28.9 Å². The lowest BCUT2D eigenvalue weighted by Gasteiger charge is -2.41. The van der Waals surface area contributed by atoms with Crippen LogP contribution < -0.4 is 5.32 Å². The van der Waals surface area contributed by atoms with Gasteiger partial charge in [-0.3, -0.25) is 19.7 Å². The number of hydrogen-bond donors (Lipinski definition) is 1. The number of non-ortho nitro benzene ring substituents is 1. The van der Waals surface area contributed by atoms with E-state index in [0.717, 1.165) is 18.4 Å². The summed E-state index contributed by atoms with van der Waals surface area (Å²) in [5, 5.41) is 13.9. The lowest BCUT2D eigenvalue weighted by atomic mass is 9.90. The molecule has 2 atom stereocenters. The van der Waals surface area contributed by atoms with Crippen LogP contribution in [0, 0.1) is 22.0 Å². The van der Waals surface area contributed by atoms with Gasteiger partial charge >= 0.3 is 0 Å². The van der Waals surface area contributed by atoms with Crippen LogP contribution in [0.5, 0.6) is 0 Å². The molecule has 0 unspecified atom stereocenters. The lowest BCUT2D eigenvalue weighted by Crippen LogP contribution is -2.65. The number of nitrogens with zero attached hydrogens (tertiary/aromatic N) is 2. The number of carbonyl (C=O) groups excluding carboxylic acids is 2. The van der Waals surface area contributed by atoms with Gasteiger partial charge in [-0.15, -0.1) is 0 Å². The molecule has 0 radical (unpaired) electrons. The van der Waals surface area contributed by atoms with Crippen molar-refractivity contribution in [2.24, 2.45) is 11.8 Å². The van der Waals surface area contributed by atoms with Crippen LogP contribution >= 0.6 is 0 Å². The highest BCUT2D eigenvalue weighted by Gasteiger charge is 2.44. The largest absolute Gasteiger partial charge is 0.342 e. The molecule has 1 fully saturated rings. The highest BCUT2D eigenvalue weighted by atomic mass is 16.6. The third-order valence-electron chi connectivity index (χ3n) is 6.56. The molecule has 1 saturated heterocycles. The molecule has 1 N–H and O–H groups in total. The van der Waals surface area contributed by atoms with E-state index in [4.69, 9.17) is 0 Å². The smallest absolute Gasteiger partial charge is 0.269 e. The van der Waals surface area contributed by atoms with Gasteiger partial charge in [-0.1, -0.05) is 50.2 Å². The number of hydrogen-bond acceptors (Lipinski definition) is 4. The molecule has 1 aliphatic carbocycles. The van der Waals surface area contributed by atoms with E-state index in [0.29, 0.717) is 19.4 Å². The zero-order valence-electron chi connectivity index (χ0n) is 18.5. The minimum absolute atomic E-state index is 0.0185. The van der Waals surface area contributed by atoms with Gasteiger partial charge in [-0.25, -0.2) is 0 Å². The number of piperazine rings is 1. The van der Waals surface area contributed by atoms with Gasteiger partial charge < -0.3 is 10.2 Å². The molecule has 2 aromatic rings. The molecule has 0 spiro atoms. The summed E-state index contributed by atoms with van der Waals surface area (Å²) in [5.41, 5.74) is 3.45. The van der Waals surface area contributed by atoms with Gasteiger partial charge in [0, 0.05) is 18.7 Å². The Balaban J connectivity index is 1.51. The maximum atomic E-state index is 13.6. The Kier molecular flexibility index (Phi) is 6.26. The van der Waals surface area contributed by atoms with Crippen LogP contribution in [0.25, 0.3) is 0 Å². The second-order valence-electron chi connectivity index (χ2n) is 9.27. The summed E-state index contributed by atoms with van der Waals surface area (Å²) >= 11 is 0. The highest BCUT2D eigenvalue weighted by Crippen LogP contribution is 2.31. The number of rotatable bonds is 7. The van der Waals surface area contributed by atoms with E-state index in [1.54, 1.807) is 17.0 Å². The molecular formula is C25H29N3O4. The molecule has 2 aromatic carbocycles. The molecule has 0 saturated carbocycles. The van der Waals surface area contributed by atoms with E-state index in [2.05, 4.69) is 17.4 Å². The van der Waals surface area contributed by atoms with Crippen molar-refractivity contribution in [2.75, 3.05) is 6.54 Å². The number of nitrogens with one attached hydrogen (secondary N) is 1. The Labute approximate surface area is 188 Å². The van der Waals surface area contributed by atoms with Crippen molar-refractivity contribution in [1.29, 1.82) is 0 Å². The van der Waals surface area contributed by atoms with Crippen LogP contribution in [0.2, 0.25) is 0 Å². The molecule has 7 nitrogen and oxygen atoms in total. The molecule has 2 amide bonds. The quantitative estimate of drug-likeness (QED) is 0.534. The van der Waals surface area contributed by atoms with Gasteiger partial charge in [0.25, 0.3) is 5.69 Å². The van der Waals surface area contributed by atoms with Crippen LogP contribution in [-0.4, -0.2) is 40.3 Å². The van der Waals surface area contributed by atoms with Gasteiger partial charge in [0.1, 0.15) is 12.1 Å². The Morgan fingerprint density at radius 3 is 2.25 bits per heavy atom. The van der Waals surface area contributed by atoms with Crippen molar-refractivity contribution >= 4 is 17.5 Å². The maximum Gasteiger partial charge on any atom is 0.269 e. The van der Waals surface area contributed by atoms with Crippen LogP contribution in [0.4, 0.5) is 5.69 Å². The summed E-state index contributed by atoms with van der Waals surface area (Å²) in [6.45, 7) is 4.51. The minimum Gasteiger partial charge on any atom is -0.342 e. The molecule has 1 aliphatic heterocycles. The zero-order chi connectivity index (χ0) is 22.8. The number of amides is 2. The monoisotopic (exact) mass is 435 g/mol. The standard InChI is InChI=1S/C25H29N3O4/c1-16(2)13-22-24(29)26-23(20-14-18-5-3-4-6-19(18)15-20)25(30)27(22)12-11-17-7-9-21(10-8-17)28(31)32/h3-10,16,20,22-23H,11-15H2,1-2H3,(H,26,29)/t22-,23-/m1/s1. The second-order valence-corrected chi connectivity index (χ2v) is 9.27. The normalized spacial score (nSPS) is 21.0. The number of fused-ring (bicyclic) bond motifs is 1. The number of nitro benzene ring substituents is 1. The molecule has 4 rings (SSSR count). The Hall–Kier alpha value is -3.22. The van der Waals surface area contributed by atoms with Crippen molar-refractivity contribution < 1.29 is 14.5 Å². The molecule has 0 aromatic heterocycles. The highest BCUT2D eigenvalue weighted by molar-refractivity contribution is 5.97. The van der Waals surface area contributed by atoms with Gasteiger partial charge in [-0.05, 0) is 54.2 Å². The minimum atomic E-state index is -0.518. The van der Waals surface area contributed by atoms with E-state index in [1.165, 1.54) is 23.3 Å². The second kappa shape index (κ2) is 9.10. The molecule has 2 aliphatic rings. The summed E-state index contributed by atoms with van der Waals surface area (Å²) in [6.07, 6.45) is 2.73. The molecule has 32 heavy (non-hydrogen) atoms. The predicted molar refractivity (Wildman–Crippen MR) is 121 cm³/mol. The summed E-state index contributed by atoms with van der Waals surface area (Å²) < 4.78 is 0. The van der Waals surface area contributed by atoms with Crippen molar-refractivity contribution in [3.63, 3.8) is 0 Å². The zero-order valence-corrected chi connectivity index (χ0v) is 18.5. The lowest BCUT2D eigenvalue weighted by molar-refractivity contribution is -0.384. The topological polar surface area (TPSA) is 92.6 Å². The fraction of sp³-hybridized carbons (Fsp3) is 0.440. The molecular weight excluding hydrogens is 406 g/mol. The Bertz CT molecular complexity index is 993. The van der Waals surface area contributed by atoms with Crippen molar-refractivity contribution in [3.8, 4) is 0 Å². The fourth-order valence-electron chi connectivity index (χ4n) is 4.91. The van der Waals surface area contributed by atoms with Crippen LogP contribution in [0.15, 0.2) is 48.5 Å². The average molecular weight is 436 g/mol. The first kappa shape index (κ1) is 22.0. The summed E-state index contributed by atoms with van der Waals surface area (Å²) in [5.74, 6) is 0.233. The number of benzene rings is 2. The first-order valence-corrected chi connectivity index (χ1v) is 11.2. The molecule has 7 heteroatoms. The summed E-state index contributed by atoms with van der Waals surface area (Å²) in [4.78, 5) is 38.9. The molecule has 168 valence electrons. The van der Waals surface area contributed by atoms with Crippen molar-refractivity contribution in [1.82, 2.24) is 10.2 Å². The maximum absolute atomic E-state index is 13.6. The third kappa shape index (κ3) is 4.52. The third-order valence-corrected chi connectivity index (χ3v) is 6.56. The van der Waals surface area contributed by atoms with Gasteiger partial charge in [0.05, 0.1) is 4.92 Å². The van der Waals surface area contributed by atoms with Gasteiger partial charge in [0.2, 0.25) is 11.8 Å². The first-order valence-electron chi connectivity index (χ1n) is 11.2. The predicted octanol–water partition coefficient (Wildman–Crippen LogP) is 3.29. The van der Waals surface area contributed by atoms with Crippen molar-refractivity contribution in [3.05, 3.63) is 75.3 Å². The van der Waals surface area contributed by atoms with E-state index < -0.39 is 17.0 Å². The SMILES string of the molecule is CC(C)C[C@@H]1C(=O)N[C@H](C2Cc3ccccc3C2)C(=O)N1CCc1ccc([N+](=O)[O-])cc1. The summed E-state index contributed by atoms with van der Waals surface area (Å²) in [6, 6.07) is 13.6. The number of nitro groups is 1. The van der Waals surface area contributed by atoms with E-state index >= 15 is 0 Å². The van der Waals surface area contributed by atoms with E-state index in [9.17, 15) is 19.7 Å². The average Bonchev–Trinajstić information content (AvgIpc) is 3.19. The van der Waals surface area contributed by atoms with E-state index in [-0.39, 0.29) is 29.3 Å². The van der Waals surface area contributed by atoms with Crippen LogP contribution in [0.1, 0.15) is 37.0 Å². The van der Waals surface area contributed by atoms with Crippen molar-refractivity contribution in [2.45, 2.75) is 51.6 Å².